The number of nitrogens with one attached hydrogen (secondary N) is 1. The van der Waals surface area contributed by atoms with Crippen molar-refractivity contribution in [3.8, 4) is 5.75 Å². The maximum atomic E-state index is 11.7. The van der Waals surface area contributed by atoms with Gasteiger partial charge in [0.1, 0.15) is 5.75 Å². The second kappa shape index (κ2) is 7.78. The molecule has 0 saturated carbocycles. The first-order valence-electron chi connectivity index (χ1n) is 7.20. The summed E-state index contributed by atoms with van der Waals surface area (Å²) in [6.45, 7) is 2.49. The zero-order valence-corrected chi connectivity index (χ0v) is 13.4. The number of nitrogens with zero attached hydrogens (tertiary/aromatic N) is 1. The number of nitro groups is 1. The van der Waals surface area contributed by atoms with Gasteiger partial charge in [0.15, 0.2) is 0 Å². The minimum Gasteiger partial charge on any atom is -0.410 e. The topological polar surface area (TPSA) is 81.5 Å². The first kappa shape index (κ1) is 17.0. The molecule has 0 spiro atoms. The second-order valence-corrected chi connectivity index (χ2v) is 5.70. The molecule has 0 aliphatic heterocycles. The number of nitro benzene ring substituents is 1. The van der Waals surface area contributed by atoms with Crippen molar-refractivity contribution in [1.82, 2.24) is 5.32 Å². The highest BCUT2D eigenvalue weighted by Crippen LogP contribution is 2.27. The number of amides is 1. The van der Waals surface area contributed by atoms with Gasteiger partial charge in [0.25, 0.3) is 5.69 Å². The van der Waals surface area contributed by atoms with Gasteiger partial charge in [-0.25, -0.2) is 4.79 Å². The van der Waals surface area contributed by atoms with Gasteiger partial charge in [0, 0.05) is 23.7 Å². The molecule has 1 aromatic rings. The van der Waals surface area contributed by atoms with Crippen molar-refractivity contribution in [3.05, 3.63) is 56.6 Å². The van der Waals surface area contributed by atoms with Crippen LogP contribution in [0.2, 0.25) is 0 Å². The predicted octanol–water partition coefficient (Wildman–Crippen LogP) is 4.31. The summed E-state index contributed by atoms with van der Waals surface area (Å²) in [7, 11) is 0. The molecule has 23 heavy (non-hydrogen) atoms. The Bertz CT molecular complexity index is 665. The molecule has 6 nitrogen and oxygen atoms in total. The largest absolute Gasteiger partial charge is 0.412 e. The number of hydrogen-bond acceptors (Lipinski definition) is 4. The van der Waals surface area contributed by atoms with E-state index in [1.807, 2.05) is 6.08 Å². The Morgan fingerprint density at radius 3 is 2.70 bits per heavy atom. The second-order valence-electron chi connectivity index (χ2n) is 5.21. The van der Waals surface area contributed by atoms with Gasteiger partial charge in [-0.1, -0.05) is 17.2 Å². The van der Waals surface area contributed by atoms with E-state index in [1.54, 1.807) is 0 Å². The summed E-state index contributed by atoms with van der Waals surface area (Å²) in [5, 5.41) is 14.0. The van der Waals surface area contributed by atoms with Crippen LogP contribution in [0.5, 0.6) is 5.75 Å². The van der Waals surface area contributed by atoms with Crippen LogP contribution < -0.4 is 10.1 Å². The highest BCUT2D eigenvalue weighted by atomic mass is 35.5. The summed E-state index contributed by atoms with van der Waals surface area (Å²) in [4.78, 5) is 21.7. The summed E-state index contributed by atoms with van der Waals surface area (Å²) in [6.07, 6.45) is 3.84. The van der Waals surface area contributed by atoms with Gasteiger partial charge in [-0.2, -0.15) is 0 Å². The molecule has 1 amide bonds. The summed E-state index contributed by atoms with van der Waals surface area (Å²) in [5.41, 5.74) is 2.36. The minimum atomic E-state index is -0.594. The number of allylic oxidation sites excluding steroid dienone is 3. The fraction of sp³-hybridized carbons (Fsp3) is 0.312. The van der Waals surface area contributed by atoms with Crippen molar-refractivity contribution in [2.75, 3.05) is 6.54 Å². The third-order valence-electron chi connectivity index (χ3n) is 3.54. The lowest BCUT2D eigenvalue weighted by atomic mass is 9.96. The van der Waals surface area contributed by atoms with Crippen molar-refractivity contribution < 1.29 is 14.5 Å². The van der Waals surface area contributed by atoms with E-state index >= 15 is 0 Å². The van der Waals surface area contributed by atoms with Crippen LogP contribution in [0, 0.1) is 10.1 Å². The molecule has 0 saturated heterocycles. The first-order valence-corrected chi connectivity index (χ1v) is 7.58. The molecule has 0 unspecified atom stereocenters. The van der Waals surface area contributed by atoms with Gasteiger partial charge in [0.05, 0.1) is 4.92 Å². The van der Waals surface area contributed by atoms with Gasteiger partial charge in [-0.15, -0.1) is 0 Å². The predicted molar refractivity (Wildman–Crippen MR) is 87.6 cm³/mol. The molecular weight excluding hydrogens is 320 g/mol. The van der Waals surface area contributed by atoms with E-state index in [0.717, 1.165) is 23.4 Å². The van der Waals surface area contributed by atoms with Crippen molar-refractivity contribution in [2.45, 2.75) is 26.2 Å². The van der Waals surface area contributed by atoms with Crippen LogP contribution >= 0.6 is 11.6 Å². The smallest absolute Gasteiger partial charge is 0.410 e. The monoisotopic (exact) mass is 336 g/mol. The van der Waals surface area contributed by atoms with Crippen molar-refractivity contribution in [2.24, 2.45) is 0 Å². The molecule has 1 aliphatic rings. The first-order chi connectivity index (χ1) is 11.0. The van der Waals surface area contributed by atoms with E-state index in [1.165, 1.54) is 29.8 Å². The highest BCUT2D eigenvalue weighted by molar-refractivity contribution is 6.29. The molecule has 0 radical (unpaired) electrons. The van der Waals surface area contributed by atoms with Gasteiger partial charge in [0.2, 0.25) is 0 Å². The Morgan fingerprint density at radius 2 is 2.04 bits per heavy atom. The number of benzene rings is 1. The van der Waals surface area contributed by atoms with E-state index < -0.39 is 11.0 Å². The lowest BCUT2D eigenvalue weighted by molar-refractivity contribution is -0.384. The minimum absolute atomic E-state index is 0.0545. The lowest BCUT2D eigenvalue weighted by Gasteiger charge is -2.15. The molecule has 7 heteroatoms. The fourth-order valence-corrected chi connectivity index (χ4v) is 2.44. The Kier molecular flexibility index (Phi) is 5.76. The summed E-state index contributed by atoms with van der Waals surface area (Å²) in [5.74, 6) is 0.254. The summed E-state index contributed by atoms with van der Waals surface area (Å²) in [6, 6.07) is 5.33. The fourth-order valence-electron chi connectivity index (χ4n) is 2.22. The van der Waals surface area contributed by atoms with Gasteiger partial charge in [-0.3, -0.25) is 10.1 Å². The number of non-ortho nitro benzene ring substituents is 1. The third-order valence-corrected chi connectivity index (χ3v) is 3.84. The van der Waals surface area contributed by atoms with Crippen molar-refractivity contribution in [3.63, 3.8) is 0 Å². The molecule has 0 fully saturated rings. The standard InChI is InChI=1S/C16H17ClN2O4/c1-11-2-3-13(17)10-12(11)8-9-18-16(20)23-15-6-4-14(5-7-15)19(21)22/h4-7,10H,2-3,8-9H2,1H3,(H,18,20). The zero-order chi connectivity index (χ0) is 16.8. The van der Waals surface area contributed by atoms with E-state index in [2.05, 4.69) is 12.2 Å². The molecule has 0 aromatic heterocycles. The molecule has 122 valence electrons. The Balaban J connectivity index is 1.80. The molecule has 1 aromatic carbocycles. The highest BCUT2D eigenvalue weighted by Gasteiger charge is 2.11. The normalized spacial score (nSPS) is 14.3. The van der Waals surface area contributed by atoms with Crippen LogP contribution in [-0.2, 0) is 0 Å². The van der Waals surface area contributed by atoms with E-state index in [0.29, 0.717) is 13.0 Å². The molecule has 0 bridgehead atoms. The molecule has 0 heterocycles. The van der Waals surface area contributed by atoms with Crippen LogP contribution in [0.25, 0.3) is 0 Å². The number of ether oxygens (including phenoxy) is 1. The molecule has 2 rings (SSSR count). The molecular formula is C16H17ClN2O4. The number of rotatable bonds is 5. The maximum Gasteiger partial charge on any atom is 0.412 e. The number of carbonyl (C=O) groups excluding carboxylic acids is 1. The zero-order valence-electron chi connectivity index (χ0n) is 12.7. The molecule has 0 atom stereocenters. The van der Waals surface area contributed by atoms with Crippen LogP contribution in [-0.4, -0.2) is 17.6 Å². The van der Waals surface area contributed by atoms with Gasteiger partial charge < -0.3 is 10.1 Å². The van der Waals surface area contributed by atoms with Crippen molar-refractivity contribution >= 4 is 23.4 Å². The number of hydrogen-bond donors (Lipinski definition) is 1. The van der Waals surface area contributed by atoms with E-state index in [9.17, 15) is 14.9 Å². The summed E-state index contributed by atoms with van der Waals surface area (Å²) >= 11 is 6.03. The Morgan fingerprint density at radius 1 is 1.35 bits per heavy atom. The quantitative estimate of drug-likeness (QED) is 0.641. The Labute approximate surface area is 138 Å². The van der Waals surface area contributed by atoms with Crippen LogP contribution in [0.3, 0.4) is 0 Å². The van der Waals surface area contributed by atoms with E-state index in [4.69, 9.17) is 16.3 Å². The van der Waals surface area contributed by atoms with Gasteiger partial charge >= 0.3 is 6.09 Å². The van der Waals surface area contributed by atoms with Crippen LogP contribution in [0.15, 0.2) is 46.5 Å². The van der Waals surface area contributed by atoms with Crippen molar-refractivity contribution in [1.29, 1.82) is 0 Å². The number of halogens is 1. The Hall–Kier alpha value is -2.34. The van der Waals surface area contributed by atoms with Crippen LogP contribution in [0.1, 0.15) is 26.2 Å². The summed E-state index contributed by atoms with van der Waals surface area (Å²) < 4.78 is 5.06. The van der Waals surface area contributed by atoms with Crippen LogP contribution in [0.4, 0.5) is 10.5 Å². The van der Waals surface area contributed by atoms with Gasteiger partial charge in [-0.05, 0) is 50.0 Å². The SMILES string of the molecule is CC1=C(CCNC(=O)Oc2ccc([N+](=O)[O-])cc2)C=C(Cl)CC1. The maximum absolute atomic E-state index is 11.7. The average molecular weight is 337 g/mol. The van der Waals surface area contributed by atoms with E-state index in [-0.39, 0.29) is 11.4 Å². The average Bonchev–Trinajstić information content (AvgIpc) is 2.51. The lowest BCUT2D eigenvalue weighted by Crippen LogP contribution is -2.28. The molecule has 1 aliphatic carbocycles. The molecule has 1 N–H and O–H groups in total. The third kappa shape index (κ3) is 5.10. The number of carbonyl (C=O) groups is 1.